The van der Waals surface area contributed by atoms with Crippen LogP contribution in [0.2, 0.25) is 0 Å². The maximum atomic E-state index is 14.9. The van der Waals surface area contributed by atoms with Crippen molar-refractivity contribution in [3.63, 3.8) is 0 Å². The molecule has 0 bridgehead atoms. The number of pyridine rings is 2. The molecule has 1 aromatic carbocycles. The van der Waals surface area contributed by atoms with E-state index < -0.39 is 40.8 Å². The molecule has 200 valence electrons. The van der Waals surface area contributed by atoms with E-state index in [4.69, 9.17) is 10.5 Å². The predicted molar refractivity (Wildman–Crippen MR) is 130 cm³/mol. The number of benzene rings is 1. The van der Waals surface area contributed by atoms with Crippen LogP contribution in [0, 0.1) is 23.5 Å². The van der Waals surface area contributed by atoms with Crippen molar-refractivity contribution in [3.05, 3.63) is 83.4 Å². The summed E-state index contributed by atoms with van der Waals surface area (Å²) in [5, 5.41) is 8.52. The van der Waals surface area contributed by atoms with Crippen LogP contribution < -0.4 is 21.1 Å². The van der Waals surface area contributed by atoms with Gasteiger partial charge in [-0.05, 0) is 31.3 Å². The Morgan fingerprint density at radius 3 is 2.59 bits per heavy atom. The average Bonchev–Trinajstić information content (AvgIpc) is 3.34. The number of aromatic nitrogens is 4. The van der Waals surface area contributed by atoms with Crippen LogP contribution in [0.4, 0.5) is 33.5 Å². The summed E-state index contributed by atoms with van der Waals surface area (Å²) in [6.45, 7) is 0.349. The third-order valence-corrected chi connectivity index (χ3v) is 5.05. The van der Waals surface area contributed by atoms with Gasteiger partial charge in [0.2, 0.25) is 0 Å². The van der Waals surface area contributed by atoms with Crippen molar-refractivity contribution in [3.8, 4) is 29.2 Å². The van der Waals surface area contributed by atoms with Crippen LogP contribution in [0.25, 0.3) is 5.82 Å². The molecule has 0 radical (unpaired) electrons. The highest BCUT2D eigenvalue weighted by Gasteiger charge is 2.41. The van der Waals surface area contributed by atoms with Gasteiger partial charge in [-0.25, -0.2) is 23.4 Å². The van der Waals surface area contributed by atoms with Crippen molar-refractivity contribution in [1.29, 1.82) is 0 Å². The lowest BCUT2D eigenvalue weighted by atomic mass is 10.2. The third kappa shape index (κ3) is 5.94. The van der Waals surface area contributed by atoms with Gasteiger partial charge in [0, 0.05) is 30.2 Å². The molecular formula is C25H18F5N7O2. The van der Waals surface area contributed by atoms with Crippen LogP contribution in [0.1, 0.15) is 21.6 Å². The summed E-state index contributed by atoms with van der Waals surface area (Å²) < 4.78 is 76.3. The lowest BCUT2D eigenvalue weighted by Crippen LogP contribution is -2.21. The molecule has 4 N–H and O–H groups in total. The first-order chi connectivity index (χ1) is 18.6. The van der Waals surface area contributed by atoms with Gasteiger partial charge in [0.1, 0.15) is 17.1 Å². The molecule has 0 aliphatic rings. The summed E-state index contributed by atoms with van der Waals surface area (Å²) in [4.78, 5) is 20.2. The molecule has 3 heterocycles. The van der Waals surface area contributed by atoms with E-state index in [9.17, 15) is 26.7 Å². The normalized spacial score (nSPS) is 11.0. The first kappa shape index (κ1) is 27.0. The average molecular weight is 543 g/mol. The molecular weight excluding hydrogens is 525 g/mol. The number of ether oxygens (including phenoxy) is 1. The molecule has 9 nitrogen and oxygen atoms in total. The van der Waals surface area contributed by atoms with E-state index >= 15 is 0 Å². The first-order valence-electron chi connectivity index (χ1n) is 11.0. The molecule has 0 aliphatic carbocycles. The molecule has 0 unspecified atom stereocenters. The Hall–Kier alpha value is -5.03. The molecule has 0 spiro atoms. The van der Waals surface area contributed by atoms with Crippen molar-refractivity contribution in [2.45, 2.75) is 6.18 Å². The highest BCUT2D eigenvalue weighted by Crippen LogP contribution is 2.35. The highest BCUT2D eigenvalue weighted by atomic mass is 19.4. The number of carbonyl (C=O) groups is 1. The van der Waals surface area contributed by atoms with Gasteiger partial charge in [-0.15, -0.1) is 0 Å². The Balaban J connectivity index is 1.60. The maximum absolute atomic E-state index is 14.9. The molecule has 0 saturated carbocycles. The largest absolute Gasteiger partial charge is 0.453 e. The Bertz CT molecular complexity index is 1590. The van der Waals surface area contributed by atoms with Gasteiger partial charge < -0.3 is 21.1 Å². The van der Waals surface area contributed by atoms with Crippen LogP contribution >= 0.6 is 0 Å². The molecule has 3 aromatic heterocycles. The summed E-state index contributed by atoms with van der Waals surface area (Å²) in [5.41, 5.74) is 3.42. The van der Waals surface area contributed by atoms with E-state index in [1.54, 1.807) is 7.05 Å². The highest BCUT2D eigenvalue weighted by molar-refractivity contribution is 6.05. The zero-order valence-electron chi connectivity index (χ0n) is 20.0. The number of rotatable bonds is 6. The molecule has 1 amide bonds. The monoisotopic (exact) mass is 543 g/mol. The molecule has 39 heavy (non-hydrogen) atoms. The van der Waals surface area contributed by atoms with Crippen LogP contribution in [0.5, 0.6) is 11.5 Å². The summed E-state index contributed by atoms with van der Waals surface area (Å²) >= 11 is 0. The van der Waals surface area contributed by atoms with Crippen LogP contribution in [0.15, 0.2) is 55.0 Å². The number of anilines is 2. The van der Waals surface area contributed by atoms with E-state index in [-0.39, 0.29) is 33.2 Å². The second-order valence-corrected chi connectivity index (χ2v) is 7.73. The van der Waals surface area contributed by atoms with E-state index in [1.165, 1.54) is 24.4 Å². The zero-order valence-corrected chi connectivity index (χ0v) is 20.0. The lowest BCUT2D eigenvalue weighted by molar-refractivity contribution is -0.143. The SMILES string of the molecule is CNCC#Cc1c(Oc2ccc(NC(=O)c3cnn(-c4ncccc4F)c3C(F)(F)F)cc2F)ccnc1N. The van der Waals surface area contributed by atoms with Gasteiger partial charge >= 0.3 is 6.18 Å². The summed E-state index contributed by atoms with van der Waals surface area (Å²) in [5.74, 6) is 1.45. The van der Waals surface area contributed by atoms with E-state index in [0.717, 1.165) is 24.4 Å². The standard InChI is InChI=1S/C25H18F5N7O2/c1-32-9-2-4-15-19(8-11-33-22(15)31)39-20-7-6-14(12-18(20)27)36-24(38)16-13-35-37(21(16)25(28,29)30)23-17(26)5-3-10-34-23/h3,5-8,10-13,32H,9H2,1H3,(H2,31,33)(H,36,38). The first-order valence-corrected chi connectivity index (χ1v) is 11.0. The van der Waals surface area contributed by atoms with Crippen molar-refractivity contribution in [1.82, 2.24) is 25.1 Å². The fraction of sp³-hybridized carbons (Fsp3) is 0.120. The number of amides is 1. The van der Waals surface area contributed by atoms with E-state index in [0.29, 0.717) is 12.7 Å². The van der Waals surface area contributed by atoms with Gasteiger partial charge in [-0.3, -0.25) is 4.79 Å². The van der Waals surface area contributed by atoms with Crippen molar-refractivity contribution < 1.29 is 31.5 Å². The Morgan fingerprint density at radius 2 is 1.90 bits per heavy atom. The molecule has 0 aliphatic heterocycles. The molecule has 14 heteroatoms. The Morgan fingerprint density at radius 1 is 1.10 bits per heavy atom. The molecule has 0 atom stereocenters. The predicted octanol–water partition coefficient (Wildman–Crippen LogP) is 4.16. The molecule has 4 aromatic rings. The fourth-order valence-electron chi connectivity index (χ4n) is 3.35. The molecule has 0 fully saturated rings. The maximum Gasteiger partial charge on any atom is 0.434 e. The Kier molecular flexibility index (Phi) is 7.73. The van der Waals surface area contributed by atoms with Gasteiger partial charge in [0.25, 0.3) is 5.91 Å². The number of nitrogen functional groups attached to an aromatic ring is 1. The second-order valence-electron chi connectivity index (χ2n) is 7.73. The van der Waals surface area contributed by atoms with Crippen LogP contribution in [-0.4, -0.2) is 39.2 Å². The molecule has 4 rings (SSSR count). The number of halogens is 5. The van der Waals surface area contributed by atoms with Gasteiger partial charge in [0.05, 0.1) is 18.3 Å². The minimum Gasteiger partial charge on any atom is -0.453 e. The van der Waals surface area contributed by atoms with Crippen molar-refractivity contribution in [2.24, 2.45) is 0 Å². The number of carbonyl (C=O) groups excluding carboxylic acids is 1. The number of alkyl halides is 3. The lowest BCUT2D eigenvalue weighted by Gasteiger charge is -2.13. The quantitative estimate of drug-likeness (QED) is 0.247. The number of nitrogens with two attached hydrogens (primary N) is 1. The number of hydrogen-bond acceptors (Lipinski definition) is 7. The number of nitrogens with one attached hydrogen (secondary N) is 2. The third-order valence-electron chi connectivity index (χ3n) is 5.05. The van der Waals surface area contributed by atoms with Gasteiger partial charge in [0.15, 0.2) is 28.9 Å². The molecule has 0 saturated heterocycles. The van der Waals surface area contributed by atoms with E-state index in [2.05, 4.69) is 37.5 Å². The number of nitrogens with zero attached hydrogens (tertiary/aromatic N) is 4. The fourth-order valence-corrected chi connectivity index (χ4v) is 3.35. The van der Waals surface area contributed by atoms with Crippen molar-refractivity contribution in [2.75, 3.05) is 24.6 Å². The number of hydrogen-bond donors (Lipinski definition) is 3. The van der Waals surface area contributed by atoms with Crippen LogP contribution in [-0.2, 0) is 6.18 Å². The second kappa shape index (κ2) is 11.2. The summed E-state index contributed by atoms with van der Waals surface area (Å²) in [6, 6.07) is 6.73. The van der Waals surface area contributed by atoms with E-state index in [1.807, 2.05) is 0 Å². The van der Waals surface area contributed by atoms with Gasteiger partial charge in [-0.2, -0.15) is 18.3 Å². The summed E-state index contributed by atoms with van der Waals surface area (Å²) in [6.07, 6.45) is -2.07. The smallest absolute Gasteiger partial charge is 0.434 e. The topological polar surface area (TPSA) is 120 Å². The van der Waals surface area contributed by atoms with Crippen LogP contribution in [0.3, 0.4) is 0 Å². The zero-order chi connectivity index (χ0) is 28.2. The minimum atomic E-state index is -5.10. The minimum absolute atomic E-state index is 0.0620. The Labute approximate surface area is 217 Å². The van der Waals surface area contributed by atoms with Crippen molar-refractivity contribution >= 4 is 17.4 Å². The summed E-state index contributed by atoms with van der Waals surface area (Å²) in [7, 11) is 1.70. The van der Waals surface area contributed by atoms with Gasteiger partial charge in [-0.1, -0.05) is 11.8 Å².